The van der Waals surface area contributed by atoms with Gasteiger partial charge < -0.3 is 20.2 Å². The number of oxazole rings is 1. The summed E-state index contributed by atoms with van der Waals surface area (Å²) in [4.78, 5) is 23.3. The molecule has 1 fully saturated rings. The van der Waals surface area contributed by atoms with Crippen molar-refractivity contribution in [2.45, 2.75) is 18.9 Å². The van der Waals surface area contributed by atoms with E-state index >= 15 is 0 Å². The molecule has 7 nitrogen and oxygen atoms in total. The Bertz CT molecular complexity index is 1210. The second-order valence-corrected chi connectivity index (χ2v) is 7.74. The zero-order valence-corrected chi connectivity index (χ0v) is 16.9. The van der Waals surface area contributed by atoms with Crippen LogP contribution in [0.5, 0.6) is 0 Å². The summed E-state index contributed by atoms with van der Waals surface area (Å²) >= 11 is 0. The molecule has 0 radical (unpaired) electrons. The number of nitrogens with two attached hydrogens (primary N) is 1. The molecular formula is C24H22N4O3. The average molecular weight is 414 g/mol. The van der Waals surface area contributed by atoms with Crippen LogP contribution < -0.4 is 5.73 Å². The first kappa shape index (κ1) is 19.3. The van der Waals surface area contributed by atoms with E-state index in [1.165, 1.54) is 0 Å². The third kappa shape index (κ3) is 3.75. The molecule has 0 unspecified atom stereocenters. The standard InChI is InChI=1S/C24H22N4O3/c25-22-19(23-27-20-3-1-2-4-21(20)31-23)13-17(14-26-22)15-5-7-16(8-6-15)24(30)28-11-9-18(29)10-12-28/h1-8,13-14,18,29H,9-12H2,(H2,25,26). The topological polar surface area (TPSA) is 105 Å². The number of nitrogens with zero attached hydrogens (tertiary/aromatic N) is 3. The van der Waals surface area contributed by atoms with E-state index < -0.39 is 0 Å². The molecule has 0 spiro atoms. The molecule has 4 aromatic rings. The van der Waals surface area contributed by atoms with Crippen LogP contribution in [0.15, 0.2) is 65.2 Å². The van der Waals surface area contributed by atoms with Gasteiger partial charge in [0.2, 0.25) is 5.89 Å². The molecule has 0 aliphatic carbocycles. The van der Waals surface area contributed by atoms with E-state index in [1.54, 1.807) is 11.1 Å². The van der Waals surface area contributed by atoms with E-state index in [1.807, 2.05) is 54.6 Å². The molecule has 156 valence electrons. The number of piperidine rings is 1. The Balaban J connectivity index is 1.41. The number of benzene rings is 2. The van der Waals surface area contributed by atoms with E-state index in [-0.39, 0.29) is 12.0 Å². The van der Waals surface area contributed by atoms with Gasteiger partial charge in [-0.3, -0.25) is 4.79 Å². The summed E-state index contributed by atoms with van der Waals surface area (Å²) in [5.74, 6) is 0.752. The number of aliphatic hydroxyl groups is 1. The van der Waals surface area contributed by atoms with Gasteiger partial charge in [0.25, 0.3) is 5.91 Å². The second-order valence-electron chi connectivity index (χ2n) is 7.74. The lowest BCUT2D eigenvalue weighted by Gasteiger charge is -2.29. The van der Waals surface area contributed by atoms with Gasteiger partial charge in [-0.25, -0.2) is 9.97 Å². The highest BCUT2D eigenvalue weighted by Gasteiger charge is 2.22. The summed E-state index contributed by atoms with van der Waals surface area (Å²) in [6.07, 6.45) is 2.64. The molecule has 1 saturated heterocycles. The monoisotopic (exact) mass is 414 g/mol. The summed E-state index contributed by atoms with van der Waals surface area (Å²) in [5.41, 5.74) is 10.6. The highest BCUT2D eigenvalue weighted by molar-refractivity contribution is 5.95. The molecule has 2 aromatic heterocycles. The number of anilines is 1. The van der Waals surface area contributed by atoms with Crippen LogP contribution in [0.4, 0.5) is 5.82 Å². The SMILES string of the molecule is Nc1ncc(-c2ccc(C(=O)N3CCC(O)CC3)cc2)cc1-c1nc2ccccc2o1. The van der Waals surface area contributed by atoms with Crippen molar-refractivity contribution in [1.82, 2.24) is 14.9 Å². The third-order valence-electron chi connectivity index (χ3n) is 5.66. The van der Waals surface area contributed by atoms with Crippen molar-refractivity contribution in [2.75, 3.05) is 18.8 Å². The Morgan fingerprint density at radius 3 is 2.55 bits per heavy atom. The number of carbonyl (C=O) groups excluding carboxylic acids is 1. The minimum atomic E-state index is -0.306. The number of para-hydroxylation sites is 2. The maximum atomic E-state index is 12.7. The summed E-state index contributed by atoms with van der Waals surface area (Å²) < 4.78 is 5.85. The largest absolute Gasteiger partial charge is 0.436 e. The molecule has 2 aromatic carbocycles. The molecule has 7 heteroatoms. The number of pyridine rings is 1. The van der Waals surface area contributed by atoms with Crippen molar-refractivity contribution in [1.29, 1.82) is 0 Å². The van der Waals surface area contributed by atoms with Crippen LogP contribution in [0.1, 0.15) is 23.2 Å². The average Bonchev–Trinajstić information content (AvgIpc) is 3.24. The highest BCUT2D eigenvalue weighted by Crippen LogP contribution is 2.31. The lowest BCUT2D eigenvalue weighted by molar-refractivity contribution is 0.0546. The summed E-state index contributed by atoms with van der Waals surface area (Å²) in [7, 11) is 0. The molecule has 1 amide bonds. The zero-order chi connectivity index (χ0) is 21.4. The fourth-order valence-corrected chi connectivity index (χ4v) is 3.85. The number of hydrogen-bond acceptors (Lipinski definition) is 6. The quantitative estimate of drug-likeness (QED) is 0.529. The van der Waals surface area contributed by atoms with E-state index in [0.29, 0.717) is 54.3 Å². The van der Waals surface area contributed by atoms with Crippen LogP contribution in [0, 0.1) is 0 Å². The van der Waals surface area contributed by atoms with Crippen LogP contribution in [0.3, 0.4) is 0 Å². The highest BCUT2D eigenvalue weighted by atomic mass is 16.3. The number of rotatable bonds is 3. The number of amides is 1. The molecule has 1 aliphatic rings. The normalized spacial score (nSPS) is 14.8. The first-order valence-corrected chi connectivity index (χ1v) is 10.3. The Morgan fingerprint density at radius 2 is 1.81 bits per heavy atom. The molecule has 5 rings (SSSR count). The first-order chi connectivity index (χ1) is 15.1. The van der Waals surface area contributed by atoms with Crippen LogP contribution >= 0.6 is 0 Å². The lowest BCUT2D eigenvalue weighted by atomic mass is 10.0. The Hall–Kier alpha value is -3.71. The number of nitrogen functional groups attached to an aromatic ring is 1. The van der Waals surface area contributed by atoms with Crippen molar-refractivity contribution in [3.05, 3.63) is 66.4 Å². The van der Waals surface area contributed by atoms with E-state index in [9.17, 15) is 9.90 Å². The van der Waals surface area contributed by atoms with Crippen molar-refractivity contribution in [3.63, 3.8) is 0 Å². The van der Waals surface area contributed by atoms with Crippen LogP contribution in [-0.2, 0) is 0 Å². The minimum absolute atomic E-state index is 0.0129. The number of aromatic nitrogens is 2. The lowest BCUT2D eigenvalue weighted by Crippen LogP contribution is -2.40. The predicted octanol–water partition coefficient (Wildman–Crippen LogP) is 3.74. The van der Waals surface area contributed by atoms with Crippen molar-refractivity contribution in [2.24, 2.45) is 0 Å². The molecule has 1 aliphatic heterocycles. The van der Waals surface area contributed by atoms with E-state index in [0.717, 1.165) is 16.6 Å². The summed E-state index contributed by atoms with van der Waals surface area (Å²) in [6, 6.07) is 16.9. The Labute approximate surface area is 179 Å². The maximum Gasteiger partial charge on any atom is 0.253 e. The molecule has 3 heterocycles. The van der Waals surface area contributed by atoms with Gasteiger partial charge in [-0.1, -0.05) is 24.3 Å². The molecular weight excluding hydrogens is 392 g/mol. The number of hydrogen-bond donors (Lipinski definition) is 2. The smallest absolute Gasteiger partial charge is 0.253 e. The predicted molar refractivity (Wildman–Crippen MR) is 118 cm³/mol. The van der Waals surface area contributed by atoms with Crippen molar-refractivity contribution >= 4 is 22.8 Å². The summed E-state index contributed by atoms with van der Waals surface area (Å²) in [6.45, 7) is 1.16. The van der Waals surface area contributed by atoms with Crippen LogP contribution in [0.2, 0.25) is 0 Å². The Kier molecular flexibility index (Phi) is 4.88. The van der Waals surface area contributed by atoms with Crippen LogP contribution in [-0.4, -0.2) is 45.1 Å². The number of likely N-dealkylation sites (tertiary alicyclic amines) is 1. The van der Waals surface area contributed by atoms with Gasteiger partial charge in [0.15, 0.2) is 5.58 Å². The van der Waals surface area contributed by atoms with Gasteiger partial charge in [-0.2, -0.15) is 0 Å². The molecule has 0 saturated carbocycles. The first-order valence-electron chi connectivity index (χ1n) is 10.3. The fraction of sp³-hybridized carbons (Fsp3) is 0.208. The van der Waals surface area contributed by atoms with Gasteiger partial charge in [-0.05, 0) is 48.7 Å². The second kappa shape index (κ2) is 7.85. The molecule has 3 N–H and O–H groups in total. The van der Waals surface area contributed by atoms with Crippen molar-refractivity contribution in [3.8, 4) is 22.6 Å². The minimum Gasteiger partial charge on any atom is -0.436 e. The number of carbonyl (C=O) groups is 1. The number of aliphatic hydroxyl groups excluding tert-OH is 1. The van der Waals surface area contributed by atoms with Gasteiger partial charge in [0, 0.05) is 30.4 Å². The fourth-order valence-electron chi connectivity index (χ4n) is 3.85. The molecule has 0 atom stereocenters. The third-order valence-corrected chi connectivity index (χ3v) is 5.66. The zero-order valence-electron chi connectivity index (χ0n) is 16.9. The number of fused-ring (bicyclic) bond motifs is 1. The van der Waals surface area contributed by atoms with Gasteiger partial charge >= 0.3 is 0 Å². The van der Waals surface area contributed by atoms with Gasteiger partial charge in [-0.15, -0.1) is 0 Å². The van der Waals surface area contributed by atoms with Crippen LogP contribution in [0.25, 0.3) is 33.7 Å². The molecule has 0 bridgehead atoms. The van der Waals surface area contributed by atoms with Crippen molar-refractivity contribution < 1.29 is 14.3 Å². The van der Waals surface area contributed by atoms with E-state index in [4.69, 9.17) is 10.2 Å². The van der Waals surface area contributed by atoms with Gasteiger partial charge in [0.05, 0.1) is 11.7 Å². The maximum absolute atomic E-state index is 12.7. The summed E-state index contributed by atoms with van der Waals surface area (Å²) in [5, 5.41) is 9.64. The Morgan fingerprint density at radius 1 is 1.06 bits per heavy atom. The molecule has 31 heavy (non-hydrogen) atoms. The van der Waals surface area contributed by atoms with Gasteiger partial charge in [0.1, 0.15) is 11.3 Å². The van der Waals surface area contributed by atoms with E-state index in [2.05, 4.69) is 9.97 Å².